The molecule has 4 heteroatoms. The number of aliphatic hydroxyl groups is 1. The van der Waals surface area contributed by atoms with Gasteiger partial charge in [0.15, 0.2) is 0 Å². The first-order valence-corrected chi connectivity index (χ1v) is 6.43. The molecule has 0 spiro atoms. The Hall–Kier alpha value is -0.970. The van der Waals surface area contributed by atoms with Crippen LogP contribution in [0.4, 0.5) is 4.39 Å². The minimum atomic E-state index is -0.207. The SMILES string of the molecule is CN(Cc1ccccc1F)C(CO)C(N)C1CC1. The molecule has 1 saturated carbocycles. The molecule has 1 fully saturated rings. The first-order chi connectivity index (χ1) is 8.63. The molecular weight excluding hydrogens is 231 g/mol. The molecule has 1 aromatic carbocycles. The third kappa shape index (κ3) is 3.07. The fourth-order valence-electron chi connectivity index (χ4n) is 2.36. The van der Waals surface area contributed by atoms with Crippen molar-refractivity contribution in [3.63, 3.8) is 0 Å². The van der Waals surface area contributed by atoms with E-state index in [9.17, 15) is 9.50 Å². The Morgan fingerprint density at radius 3 is 2.67 bits per heavy atom. The van der Waals surface area contributed by atoms with Crippen LogP contribution in [-0.2, 0) is 6.54 Å². The molecule has 0 bridgehead atoms. The molecule has 1 aromatic rings. The lowest BCUT2D eigenvalue weighted by molar-refractivity contribution is 0.114. The molecule has 0 saturated heterocycles. The fraction of sp³-hybridized carbons (Fsp3) is 0.571. The quantitative estimate of drug-likeness (QED) is 0.803. The maximum absolute atomic E-state index is 13.6. The van der Waals surface area contributed by atoms with Gasteiger partial charge in [-0.1, -0.05) is 18.2 Å². The number of aliphatic hydroxyl groups excluding tert-OH is 1. The third-order valence-corrected chi connectivity index (χ3v) is 3.74. The van der Waals surface area contributed by atoms with Crippen molar-refractivity contribution in [3.8, 4) is 0 Å². The third-order valence-electron chi connectivity index (χ3n) is 3.74. The van der Waals surface area contributed by atoms with Crippen molar-refractivity contribution in [2.45, 2.75) is 31.5 Å². The van der Waals surface area contributed by atoms with Gasteiger partial charge in [0.05, 0.1) is 6.61 Å². The largest absolute Gasteiger partial charge is 0.395 e. The van der Waals surface area contributed by atoms with Crippen LogP contribution in [0.2, 0.25) is 0 Å². The molecule has 3 nitrogen and oxygen atoms in total. The monoisotopic (exact) mass is 252 g/mol. The number of likely N-dealkylation sites (N-methyl/N-ethyl adjacent to an activating group) is 1. The molecule has 1 aliphatic rings. The topological polar surface area (TPSA) is 49.5 Å². The average Bonchev–Trinajstić information content (AvgIpc) is 3.17. The minimum absolute atomic E-state index is 0.0165. The van der Waals surface area contributed by atoms with Crippen LogP contribution >= 0.6 is 0 Å². The summed E-state index contributed by atoms with van der Waals surface area (Å²) in [4.78, 5) is 1.95. The number of hydrogen-bond donors (Lipinski definition) is 2. The van der Waals surface area contributed by atoms with Gasteiger partial charge in [-0.2, -0.15) is 0 Å². The summed E-state index contributed by atoms with van der Waals surface area (Å²) in [7, 11) is 1.88. The van der Waals surface area contributed by atoms with Crippen LogP contribution in [0.25, 0.3) is 0 Å². The van der Waals surface area contributed by atoms with E-state index in [1.807, 2.05) is 18.0 Å². The Bertz CT molecular complexity index is 395. The van der Waals surface area contributed by atoms with Gasteiger partial charge in [-0.25, -0.2) is 4.39 Å². The maximum atomic E-state index is 13.6. The number of nitrogens with two attached hydrogens (primary N) is 1. The number of benzene rings is 1. The van der Waals surface area contributed by atoms with Gasteiger partial charge < -0.3 is 10.8 Å². The van der Waals surface area contributed by atoms with Gasteiger partial charge in [0.1, 0.15) is 5.82 Å². The van der Waals surface area contributed by atoms with E-state index in [1.54, 1.807) is 12.1 Å². The van der Waals surface area contributed by atoms with E-state index >= 15 is 0 Å². The molecule has 18 heavy (non-hydrogen) atoms. The lowest BCUT2D eigenvalue weighted by Gasteiger charge is -2.31. The number of rotatable bonds is 6. The van der Waals surface area contributed by atoms with Gasteiger partial charge in [-0.3, -0.25) is 4.90 Å². The predicted octanol–water partition coefficient (Wildman–Crippen LogP) is 1.36. The van der Waals surface area contributed by atoms with E-state index in [0.717, 1.165) is 12.8 Å². The Morgan fingerprint density at radius 2 is 2.11 bits per heavy atom. The van der Waals surface area contributed by atoms with Gasteiger partial charge in [0.25, 0.3) is 0 Å². The Labute approximate surface area is 107 Å². The van der Waals surface area contributed by atoms with Gasteiger partial charge in [-0.05, 0) is 31.9 Å². The first kappa shape index (κ1) is 13.5. The van der Waals surface area contributed by atoms with Crippen molar-refractivity contribution < 1.29 is 9.50 Å². The van der Waals surface area contributed by atoms with Crippen LogP contribution < -0.4 is 5.73 Å². The molecule has 0 radical (unpaired) electrons. The molecular formula is C14H21FN2O. The van der Waals surface area contributed by atoms with Crippen molar-refractivity contribution >= 4 is 0 Å². The first-order valence-electron chi connectivity index (χ1n) is 6.43. The summed E-state index contributed by atoms with van der Waals surface area (Å²) in [5, 5.41) is 9.48. The molecule has 0 aromatic heterocycles. The fourth-order valence-corrected chi connectivity index (χ4v) is 2.36. The van der Waals surface area contributed by atoms with Crippen LogP contribution in [0.5, 0.6) is 0 Å². The molecule has 1 aliphatic carbocycles. The highest BCUT2D eigenvalue weighted by atomic mass is 19.1. The summed E-state index contributed by atoms with van der Waals surface area (Å²) in [6.45, 7) is 0.487. The normalized spacial score (nSPS) is 18.9. The predicted molar refractivity (Wildman–Crippen MR) is 69.4 cm³/mol. The smallest absolute Gasteiger partial charge is 0.127 e. The molecule has 2 unspecified atom stereocenters. The molecule has 2 atom stereocenters. The zero-order valence-electron chi connectivity index (χ0n) is 10.7. The number of hydrogen-bond acceptors (Lipinski definition) is 3. The van der Waals surface area contributed by atoms with Crippen molar-refractivity contribution in [2.75, 3.05) is 13.7 Å². The van der Waals surface area contributed by atoms with Crippen molar-refractivity contribution in [3.05, 3.63) is 35.6 Å². The zero-order chi connectivity index (χ0) is 13.1. The van der Waals surface area contributed by atoms with Crippen LogP contribution in [0, 0.1) is 11.7 Å². The summed E-state index contributed by atoms with van der Waals surface area (Å²) < 4.78 is 13.6. The van der Waals surface area contributed by atoms with Gasteiger partial charge in [0, 0.05) is 24.2 Å². The molecule has 0 amide bonds. The lowest BCUT2D eigenvalue weighted by Crippen LogP contribution is -2.49. The maximum Gasteiger partial charge on any atom is 0.127 e. The minimum Gasteiger partial charge on any atom is -0.395 e. The standard InChI is InChI=1S/C14H21FN2O/c1-17(8-11-4-2-3-5-12(11)15)13(9-18)14(16)10-6-7-10/h2-5,10,13-14,18H,6-9,16H2,1H3. The molecule has 3 N–H and O–H groups in total. The summed E-state index contributed by atoms with van der Waals surface area (Å²) in [5.41, 5.74) is 6.77. The van der Waals surface area contributed by atoms with Crippen LogP contribution in [-0.4, -0.2) is 35.7 Å². The highest BCUT2D eigenvalue weighted by molar-refractivity contribution is 5.17. The molecule has 2 rings (SSSR count). The van der Waals surface area contributed by atoms with E-state index in [-0.39, 0.29) is 24.5 Å². The summed E-state index contributed by atoms with van der Waals surface area (Å²) in [5.74, 6) is 0.311. The number of nitrogens with zero attached hydrogens (tertiary/aromatic N) is 1. The van der Waals surface area contributed by atoms with Gasteiger partial charge in [-0.15, -0.1) is 0 Å². The summed E-state index contributed by atoms with van der Waals surface area (Å²) in [6, 6.07) is 6.60. The van der Waals surface area contributed by atoms with Crippen molar-refractivity contribution in [1.29, 1.82) is 0 Å². The Morgan fingerprint density at radius 1 is 1.44 bits per heavy atom. The second-order valence-corrected chi connectivity index (χ2v) is 5.17. The Balaban J connectivity index is 2.01. The molecule has 100 valence electrons. The second-order valence-electron chi connectivity index (χ2n) is 5.17. The summed E-state index contributed by atoms with van der Waals surface area (Å²) >= 11 is 0. The number of halogens is 1. The highest BCUT2D eigenvalue weighted by Crippen LogP contribution is 2.34. The van der Waals surface area contributed by atoms with Gasteiger partial charge >= 0.3 is 0 Å². The van der Waals surface area contributed by atoms with Crippen LogP contribution in [0.3, 0.4) is 0 Å². The average molecular weight is 252 g/mol. The molecule has 0 aliphatic heterocycles. The van der Waals surface area contributed by atoms with E-state index in [4.69, 9.17) is 5.73 Å². The van der Waals surface area contributed by atoms with Crippen LogP contribution in [0.1, 0.15) is 18.4 Å². The van der Waals surface area contributed by atoms with E-state index in [1.165, 1.54) is 6.07 Å². The molecule has 0 heterocycles. The van der Waals surface area contributed by atoms with E-state index in [2.05, 4.69) is 0 Å². The van der Waals surface area contributed by atoms with Crippen molar-refractivity contribution in [2.24, 2.45) is 11.7 Å². The second kappa shape index (κ2) is 5.78. The zero-order valence-corrected chi connectivity index (χ0v) is 10.7. The Kier molecular flexibility index (Phi) is 4.32. The summed E-state index contributed by atoms with van der Waals surface area (Å²) in [6.07, 6.45) is 2.29. The van der Waals surface area contributed by atoms with E-state index in [0.29, 0.717) is 18.0 Å². The van der Waals surface area contributed by atoms with Crippen LogP contribution in [0.15, 0.2) is 24.3 Å². The van der Waals surface area contributed by atoms with Crippen molar-refractivity contribution in [1.82, 2.24) is 4.90 Å². The lowest BCUT2D eigenvalue weighted by atomic mass is 10.0. The van der Waals surface area contributed by atoms with E-state index < -0.39 is 0 Å². The highest BCUT2D eigenvalue weighted by Gasteiger charge is 2.35. The van der Waals surface area contributed by atoms with Gasteiger partial charge in [0.2, 0.25) is 0 Å².